The van der Waals surface area contributed by atoms with Gasteiger partial charge in [-0.1, -0.05) is 11.6 Å². The van der Waals surface area contributed by atoms with Crippen LogP contribution in [-0.4, -0.2) is 21.1 Å². The molecule has 0 saturated carbocycles. The van der Waals surface area contributed by atoms with Crippen molar-refractivity contribution in [3.63, 3.8) is 0 Å². The van der Waals surface area contributed by atoms with Gasteiger partial charge in [0.25, 0.3) is 5.91 Å². The molecule has 2 N–H and O–H groups in total. The monoisotopic (exact) mass is 314 g/mol. The number of rotatable bonds is 3. The summed E-state index contributed by atoms with van der Waals surface area (Å²) in [5.41, 5.74) is 1.15. The summed E-state index contributed by atoms with van der Waals surface area (Å²) in [5.74, 6) is -0.279. The predicted molar refractivity (Wildman–Crippen MR) is 66.7 cm³/mol. The Balaban J connectivity index is 2.07. The number of pyridine rings is 1. The van der Waals surface area contributed by atoms with Gasteiger partial charge in [0.05, 0.1) is 17.8 Å². The fraction of sp³-hybridized carbons (Fsp3) is 0.100. The molecule has 2 heterocycles. The lowest BCUT2D eigenvalue weighted by molar-refractivity contribution is 0.0950. The molecule has 17 heavy (non-hydrogen) atoms. The highest BCUT2D eigenvalue weighted by Crippen LogP contribution is 2.17. The van der Waals surface area contributed by atoms with Gasteiger partial charge in [0, 0.05) is 16.9 Å². The highest BCUT2D eigenvalue weighted by Gasteiger charge is 2.11. The van der Waals surface area contributed by atoms with Gasteiger partial charge in [-0.3, -0.25) is 9.89 Å². The number of aromatic amines is 1. The van der Waals surface area contributed by atoms with Crippen molar-refractivity contribution in [2.75, 3.05) is 0 Å². The molecule has 2 rings (SSSR count). The second-order valence-electron chi connectivity index (χ2n) is 3.26. The van der Waals surface area contributed by atoms with Gasteiger partial charge >= 0.3 is 0 Å². The van der Waals surface area contributed by atoms with Crippen LogP contribution in [0, 0.1) is 0 Å². The van der Waals surface area contributed by atoms with Crippen LogP contribution in [0.1, 0.15) is 16.1 Å². The van der Waals surface area contributed by atoms with Crippen LogP contribution in [0.2, 0.25) is 5.15 Å². The van der Waals surface area contributed by atoms with Gasteiger partial charge in [0.2, 0.25) is 0 Å². The lowest BCUT2D eigenvalue weighted by atomic mass is 10.2. The Labute approximate surface area is 111 Å². The number of halogens is 2. The van der Waals surface area contributed by atoms with E-state index in [2.05, 4.69) is 36.4 Å². The van der Waals surface area contributed by atoms with Gasteiger partial charge in [-0.25, -0.2) is 4.98 Å². The highest BCUT2D eigenvalue weighted by atomic mass is 79.9. The second-order valence-corrected chi connectivity index (χ2v) is 4.53. The van der Waals surface area contributed by atoms with Gasteiger partial charge in [0.1, 0.15) is 5.15 Å². The van der Waals surface area contributed by atoms with E-state index >= 15 is 0 Å². The summed E-state index contributed by atoms with van der Waals surface area (Å²) in [4.78, 5) is 15.7. The number of aromatic nitrogens is 3. The molecule has 0 fully saturated rings. The quantitative estimate of drug-likeness (QED) is 0.853. The Bertz CT molecular complexity index is 529. The molecular weight excluding hydrogens is 307 g/mol. The molecule has 88 valence electrons. The van der Waals surface area contributed by atoms with E-state index in [1.54, 1.807) is 18.3 Å². The van der Waals surface area contributed by atoms with E-state index in [0.29, 0.717) is 16.6 Å². The number of nitrogens with zero attached hydrogens (tertiary/aromatic N) is 2. The normalized spacial score (nSPS) is 10.2. The maximum absolute atomic E-state index is 11.8. The Hall–Kier alpha value is -1.40. The van der Waals surface area contributed by atoms with Crippen LogP contribution in [0.15, 0.2) is 29.0 Å². The van der Waals surface area contributed by atoms with E-state index in [4.69, 9.17) is 11.6 Å². The first-order valence-corrected chi connectivity index (χ1v) is 5.91. The van der Waals surface area contributed by atoms with Crippen molar-refractivity contribution < 1.29 is 4.79 Å². The minimum atomic E-state index is -0.279. The molecule has 7 heteroatoms. The smallest absolute Gasteiger partial charge is 0.254 e. The van der Waals surface area contributed by atoms with Crippen LogP contribution in [0.25, 0.3) is 0 Å². The maximum atomic E-state index is 11.8. The lowest BCUT2D eigenvalue weighted by Gasteiger charge is -2.05. The van der Waals surface area contributed by atoms with Crippen LogP contribution in [0.4, 0.5) is 0 Å². The van der Waals surface area contributed by atoms with Gasteiger partial charge in [0.15, 0.2) is 0 Å². The molecule has 2 aromatic heterocycles. The first-order valence-electron chi connectivity index (χ1n) is 4.74. The summed E-state index contributed by atoms with van der Waals surface area (Å²) < 4.78 is 0.702. The molecule has 0 spiro atoms. The molecule has 2 aromatic rings. The standard InChI is InChI=1S/C10H8BrClN4O/c11-6-3-8(9(12)13-4-6)10(17)14-5-7-1-2-15-16-7/h1-4H,5H2,(H,14,17)(H,15,16). The second kappa shape index (κ2) is 5.29. The largest absolute Gasteiger partial charge is 0.346 e. The third-order valence-corrected chi connectivity index (χ3v) is 2.78. The van der Waals surface area contributed by atoms with E-state index < -0.39 is 0 Å². The minimum Gasteiger partial charge on any atom is -0.346 e. The minimum absolute atomic E-state index is 0.176. The van der Waals surface area contributed by atoms with E-state index in [1.165, 1.54) is 6.20 Å². The third kappa shape index (κ3) is 3.04. The highest BCUT2D eigenvalue weighted by molar-refractivity contribution is 9.10. The number of carbonyl (C=O) groups is 1. The summed E-state index contributed by atoms with van der Waals surface area (Å²) >= 11 is 9.08. The van der Waals surface area contributed by atoms with Crippen LogP contribution >= 0.6 is 27.5 Å². The Morgan fingerprint density at radius 3 is 3.12 bits per heavy atom. The summed E-state index contributed by atoms with van der Waals surface area (Å²) in [6.45, 7) is 0.363. The predicted octanol–water partition coefficient (Wildman–Crippen LogP) is 2.15. The zero-order valence-corrected chi connectivity index (χ0v) is 10.9. The molecule has 0 radical (unpaired) electrons. The molecule has 1 amide bonds. The SMILES string of the molecule is O=C(NCc1ccn[nH]1)c1cc(Br)cnc1Cl. The molecule has 0 aliphatic carbocycles. The molecule has 0 saturated heterocycles. The van der Waals surface area contributed by atoms with Crippen molar-refractivity contribution in [3.8, 4) is 0 Å². The Morgan fingerprint density at radius 1 is 1.59 bits per heavy atom. The average molecular weight is 316 g/mol. The zero-order chi connectivity index (χ0) is 12.3. The fourth-order valence-electron chi connectivity index (χ4n) is 1.24. The summed E-state index contributed by atoms with van der Waals surface area (Å²) in [5, 5.41) is 9.42. The number of hydrogen-bond donors (Lipinski definition) is 2. The zero-order valence-electron chi connectivity index (χ0n) is 8.58. The summed E-state index contributed by atoms with van der Waals surface area (Å²) in [6, 6.07) is 3.40. The average Bonchev–Trinajstić information content (AvgIpc) is 2.82. The fourth-order valence-corrected chi connectivity index (χ4v) is 1.76. The van der Waals surface area contributed by atoms with Gasteiger partial charge in [-0.15, -0.1) is 0 Å². The molecule has 0 aliphatic rings. The van der Waals surface area contributed by atoms with Crippen molar-refractivity contribution >= 4 is 33.4 Å². The summed E-state index contributed by atoms with van der Waals surface area (Å²) in [6.07, 6.45) is 3.16. The van der Waals surface area contributed by atoms with Gasteiger partial charge in [-0.2, -0.15) is 5.10 Å². The van der Waals surface area contributed by atoms with Crippen molar-refractivity contribution in [2.45, 2.75) is 6.54 Å². The first-order chi connectivity index (χ1) is 8.16. The van der Waals surface area contributed by atoms with Crippen molar-refractivity contribution in [2.24, 2.45) is 0 Å². The van der Waals surface area contributed by atoms with E-state index in [0.717, 1.165) is 5.69 Å². The Kier molecular flexibility index (Phi) is 3.75. The van der Waals surface area contributed by atoms with Crippen LogP contribution in [-0.2, 0) is 6.54 Å². The lowest BCUT2D eigenvalue weighted by Crippen LogP contribution is -2.23. The number of carbonyl (C=O) groups excluding carboxylic acids is 1. The number of nitrogens with one attached hydrogen (secondary N) is 2. The van der Waals surface area contributed by atoms with Crippen molar-refractivity contribution in [1.82, 2.24) is 20.5 Å². The Morgan fingerprint density at radius 2 is 2.41 bits per heavy atom. The van der Waals surface area contributed by atoms with Crippen LogP contribution < -0.4 is 5.32 Å². The number of H-pyrrole nitrogens is 1. The number of hydrogen-bond acceptors (Lipinski definition) is 3. The molecule has 0 atom stereocenters. The van der Waals surface area contributed by atoms with Crippen LogP contribution in [0.3, 0.4) is 0 Å². The van der Waals surface area contributed by atoms with Gasteiger partial charge < -0.3 is 5.32 Å². The van der Waals surface area contributed by atoms with Crippen molar-refractivity contribution in [3.05, 3.63) is 45.4 Å². The molecule has 0 bridgehead atoms. The van der Waals surface area contributed by atoms with E-state index in [9.17, 15) is 4.79 Å². The van der Waals surface area contributed by atoms with Crippen LogP contribution in [0.5, 0.6) is 0 Å². The van der Waals surface area contributed by atoms with Gasteiger partial charge in [-0.05, 0) is 28.1 Å². The summed E-state index contributed by atoms with van der Waals surface area (Å²) in [7, 11) is 0. The third-order valence-electron chi connectivity index (χ3n) is 2.05. The van der Waals surface area contributed by atoms with E-state index in [1.807, 2.05) is 0 Å². The molecule has 0 unspecified atom stereocenters. The first kappa shape index (κ1) is 12.1. The van der Waals surface area contributed by atoms with Crippen molar-refractivity contribution in [1.29, 1.82) is 0 Å². The molecule has 0 aliphatic heterocycles. The topological polar surface area (TPSA) is 70.7 Å². The maximum Gasteiger partial charge on any atom is 0.254 e. The molecule has 5 nitrogen and oxygen atoms in total. The van der Waals surface area contributed by atoms with E-state index in [-0.39, 0.29) is 11.1 Å². The molecular formula is C10H8BrClN4O. The molecule has 0 aromatic carbocycles. The number of amides is 1.